The molecule has 1 fully saturated rings. The van der Waals surface area contributed by atoms with Gasteiger partial charge in [-0.2, -0.15) is 0 Å². The number of rotatable bonds is 4. The fourth-order valence-electron chi connectivity index (χ4n) is 3.04. The summed E-state index contributed by atoms with van der Waals surface area (Å²) in [5.74, 6) is -0.613. The fraction of sp³-hybridized carbons (Fsp3) is 0.316. The number of carbonyl (C=O) groups is 1. The van der Waals surface area contributed by atoms with Crippen LogP contribution in [0.5, 0.6) is 0 Å². The molecule has 0 radical (unpaired) electrons. The predicted molar refractivity (Wildman–Crippen MR) is 94.5 cm³/mol. The molecule has 1 saturated heterocycles. The lowest BCUT2D eigenvalue weighted by molar-refractivity contribution is 0.0681. The molecule has 1 unspecified atom stereocenters. The molecule has 0 aromatic heterocycles. The maximum absolute atomic E-state index is 13.1. The van der Waals surface area contributed by atoms with Crippen molar-refractivity contribution in [2.24, 2.45) is 0 Å². The predicted octanol–water partition coefficient (Wildman–Crippen LogP) is 2.96. The first-order valence-electron chi connectivity index (χ1n) is 8.16. The third-order valence-electron chi connectivity index (χ3n) is 4.47. The lowest BCUT2D eigenvalue weighted by Gasteiger charge is -2.28. The summed E-state index contributed by atoms with van der Waals surface area (Å²) in [5, 5.41) is 0. The summed E-state index contributed by atoms with van der Waals surface area (Å²) in [6.45, 7) is 2.31. The standard InChI is InChI=1S/C19H20FNO3S/c1-14-2-4-15(5-3-14)12-21(18-10-11-25(23,24)13-18)19(22)16-6-8-17(20)9-7-16/h2-9,18H,10-13H2,1H3. The van der Waals surface area contributed by atoms with Crippen LogP contribution < -0.4 is 0 Å². The Labute approximate surface area is 147 Å². The Balaban J connectivity index is 1.89. The smallest absolute Gasteiger partial charge is 0.254 e. The molecular weight excluding hydrogens is 341 g/mol. The van der Waals surface area contributed by atoms with E-state index in [0.29, 0.717) is 18.5 Å². The quantitative estimate of drug-likeness (QED) is 0.841. The number of carbonyl (C=O) groups excluding carboxylic acids is 1. The molecule has 1 heterocycles. The van der Waals surface area contributed by atoms with Crippen molar-refractivity contribution in [3.8, 4) is 0 Å². The van der Waals surface area contributed by atoms with Crippen LogP contribution in [-0.2, 0) is 16.4 Å². The highest BCUT2D eigenvalue weighted by Crippen LogP contribution is 2.22. The largest absolute Gasteiger partial charge is 0.330 e. The third-order valence-corrected chi connectivity index (χ3v) is 6.23. The second kappa shape index (κ2) is 6.96. The molecule has 0 spiro atoms. The number of halogens is 1. The zero-order valence-corrected chi connectivity index (χ0v) is 14.8. The highest BCUT2D eigenvalue weighted by Gasteiger charge is 2.35. The first-order chi connectivity index (χ1) is 11.8. The zero-order valence-electron chi connectivity index (χ0n) is 14.0. The minimum Gasteiger partial charge on any atom is -0.330 e. The van der Waals surface area contributed by atoms with Crippen molar-refractivity contribution in [3.63, 3.8) is 0 Å². The topological polar surface area (TPSA) is 54.5 Å². The molecule has 1 aliphatic heterocycles. The number of amides is 1. The average molecular weight is 361 g/mol. The van der Waals surface area contributed by atoms with Crippen molar-refractivity contribution in [1.82, 2.24) is 4.90 Å². The van der Waals surface area contributed by atoms with Crippen molar-refractivity contribution in [3.05, 3.63) is 71.0 Å². The highest BCUT2D eigenvalue weighted by molar-refractivity contribution is 7.91. The third kappa shape index (κ3) is 4.25. The molecule has 0 aliphatic carbocycles. The van der Waals surface area contributed by atoms with E-state index in [-0.39, 0.29) is 23.5 Å². The molecule has 4 nitrogen and oxygen atoms in total. The fourth-order valence-corrected chi connectivity index (χ4v) is 4.77. The normalized spacial score (nSPS) is 18.9. The summed E-state index contributed by atoms with van der Waals surface area (Å²) in [6, 6.07) is 12.8. The Morgan fingerprint density at radius 2 is 1.76 bits per heavy atom. The number of sulfone groups is 1. The summed E-state index contributed by atoms with van der Waals surface area (Å²) >= 11 is 0. The summed E-state index contributed by atoms with van der Waals surface area (Å²) in [6.07, 6.45) is 0.432. The van der Waals surface area contributed by atoms with E-state index in [2.05, 4.69) is 0 Å². The lowest BCUT2D eigenvalue weighted by atomic mass is 10.1. The van der Waals surface area contributed by atoms with Crippen molar-refractivity contribution in [2.75, 3.05) is 11.5 Å². The lowest BCUT2D eigenvalue weighted by Crippen LogP contribution is -2.40. The first-order valence-corrected chi connectivity index (χ1v) is 9.99. The van der Waals surface area contributed by atoms with Gasteiger partial charge in [0.1, 0.15) is 5.82 Å². The molecule has 132 valence electrons. The molecule has 1 aliphatic rings. The Hall–Kier alpha value is -2.21. The van der Waals surface area contributed by atoms with Gasteiger partial charge < -0.3 is 4.90 Å². The number of hydrogen-bond donors (Lipinski definition) is 0. The van der Waals surface area contributed by atoms with Gasteiger partial charge in [-0.3, -0.25) is 4.79 Å². The number of hydrogen-bond acceptors (Lipinski definition) is 3. The van der Waals surface area contributed by atoms with E-state index < -0.39 is 15.7 Å². The molecule has 0 N–H and O–H groups in total. The van der Waals surface area contributed by atoms with Crippen LogP contribution in [0.3, 0.4) is 0 Å². The maximum Gasteiger partial charge on any atom is 0.254 e. The summed E-state index contributed by atoms with van der Waals surface area (Å²) in [7, 11) is -3.12. The van der Waals surface area contributed by atoms with Gasteiger partial charge in [0, 0.05) is 18.2 Å². The molecule has 25 heavy (non-hydrogen) atoms. The van der Waals surface area contributed by atoms with Crippen LogP contribution in [0, 0.1) is 12.7 Å². The molecule has 1 amide bonds. The minimum atomic E-state index is -3.12. The molecule has 6 heteroatoms. The highest BCUT2D eigenvalue weighted by atomic mass is 32.2. The summed E-state index contributed by atoms with van der Waals surface area (Å²) in [4.78, 5) is 14.5. The molecule has 3 rings (SSSR count). The molecule has 2 aromatic carbocycles. The van der Waals surface area contributed by atoms with Gasteiger partial charge in [-0.15, -0.1) is 0 Å². The SMILES string of the molecule is Cc1ccc(CN(C(=O)c2ccc(F)cc2)C2CCS(=O)(=O)C2)cc1. The van der Waals surface area contributed by atoms with Gasteiger partial charge >= 0.3 is 0 Å². The van der Waals surface area contributed by atoms with Crippen LogP contribution in [0.2, 0.25) is 0 Å². The van der Waals surface area contributed by atoms with E-state index in [1.165, 1.54) is 24.3 Å². The van der Waals surface area contributed by atoms with Crippen LogP contribution in [-0.4, -0.2) is 36.8 Å². The van der Waals surface area contributed by atoms with E-state index in [1.54, 1.807) is 4.90 Å². The van der Waals surface area contributed by atoms with Gasteiger partial charge in [-0.25, -0.2) is 12.8 Å². The molecule has 1 atom stereocenters. The van der Waals surface area contributed by atoms with E-state index in [9.17, 15) is 17.6 Å². The molecule has 0 saturated carbocycles. The Morgan fingerprint density at radius 3 is 2.32 bits per heavy atom. The van der Waals surface area contributed by atoms with E-state index in [1.807, 2.05) is 31.2 Å². The zero-order chi connectivity index (χ0) is 18.0. The second-order valence-corrected chi connectivity index (χ2v) is 8.71. The Morgan fingerprint density at radius 1 is 1.12 bits per heavy atom. The molecule has 0 bridgehead atoms. The van der Waals surface area contributed by atoms with Crippen molar-refractivity contribution < 1.29 is 17.6 Å². The molecule has 2 aromatic rings. The summed E-state index contributed by atoms with van der Waals surface area (Å²) < 4.78 is 36.9. The van der Waals surface area contributed by atoms with Gasteiger partial charge in [-0.1, -0.05) is 29.8 Å². The monoisotopic (exact) mass is 361 g/mol. The van der Waals surface area contributed by atoms with E-state index in [0.717, 1.165) is 11.1 Å². The van der Waals surface area contributed by atoms with Gasteiger partial charge in [0.15, 0.2) is 9.84 Å². The number of nitrogens with zero attached hydrogens (tertiary/aromatic N) is 1. The number of aryl methyl sites for hydroxylation is 1. The first kappa shape index (κ1) is 17.6. The van der Waals surface area contributed by atoms with Crippen LogP contribution in [0.4, 0.5) is 4.39 Å². The number of benzene rings is 2. The molecular formula is C19H20FNO3S. The van der Waals surface area contributed by atoms with Gasteiger partial charge in [0.2, 0.25) is 0 Å². The maximum atomic E-state index is 13.1. The van der Waals surface area contributed by atoms with E-state index in [4.69, 9.17) is 0 Å². The Bertz CT molecular complexity index is 861. The Kier molecular flexibility index (Phi) is 4.90. The van der Waals surface area contributed by atoms with Gasteiger partial charge in [0.05, 0.1) is 11.5 Å². The van der Waals surface area contributed by atoms with Crippen LogP contribution in [0.1, 0.15) is 27.9 Å². The minimum absolute atomic E-state index is 0.0220. The van der Waals surface area contributed by atoms with Gasteiger partial charge in [0.25, 0.3) is 5.91 Å². The van der Waals surface area contributed by atoms with E-state index >= 15 is 0 Å². The second-order valence-electron chi connectivity index (χ2n) is 6.48. The van der Waals surface area contributed by atoms with Crippen molar-refractivity contribution >= 4 is 15.7 Å². The van der Waals surface area contributed by atoms with Crippen LogP contribution >= 0.6 is 0 Å². The average Bonchev–Trinajstić information content (AvgIpc) is 2.94. The van der Waals surface area contributed by atoms with Crippen molar-refractivity contribution in [1.29, 1.82) is 0 Å². The van der Waals surface area contributed by atoms with Crippen LogP contribution in [0.25, 0.3) is 0 Å². The van der Waals surface area contributed by atoms with Gasteiger partial charge in [-0.05, 0) is 43.2 Å². The van der Waals surface area contributed by atoms with Crippen molar-refractivity contribution in [2.45, 2.75) is 25.9 Å². The van der Waals surface area contributed by atoms with Crippen LogP contribution in [0.15, 0.2) is 48.5 Å². The summed E-state index contributed by atoms with van der Waals surface area (Å²) in [5.41, 5.74) is 2.41.